The molecule has 0 aromatic carbocycles. The number of hydrogen-bond donors (Lipinski definition) is 4. The maximum atomic E-state index is 12.3. The third-order valence-corrected chi connectivity index (χ3v) is 5.07. The van der Waals surface area contributed by atoms with Crippen LogP contribution in [-0.4, -0.2) is 72.0 Å². The maximum absolute atomic E-state index is 12.3. The average Bonchev–Trinajstić information content (AvgIpc) is 3.15. The fourth-order valence-corrected chi connectivity index (χ4v) is 3.91. The molecule has 0 aromatic rings. The first-order chi connectivity index (χ1) is 12.2. The lowest BCUT2D eigenvalue weighted by Gasteiger charge is -2.29. The van der Waals surface area contributed by atoms with Gasteiger partial charge in [0.2, 0.25) is 5.91 Å². The minimum absolute atomic E-state index is 0.0897. The molecule has 0 aliphatic carbocycles. The second-order valence-corrected chi connectivity index (χ2v) is 7.55. The molecule has 4 amide bonds. The summed E-state index contributed by atoms with van der Waals surface area (Å²) in [6.45, 7) is 0.957. The lowest BCUT2D eigenvalue weighted by molar-refractivity contribution is -0.132. The first-order valence-electron chi connectivity index (χ1n) is 8.33. The summed E-state index contributed by atoms with van der Waals surface area (Å²) in [6, 6.07) is -2.17. The van der Waals surface area contributed by atoms with Gasteiger partial charge in [-0.1, -0.05) is 0 Å². The van der Waals surface area contributed by atoms with Crippen molar-refractivity contribution in [2.24, 2.45) is 0 Å². The van der Waals surface area contributed by atoms with E-state index in [0.717, 1.165) is 24.3 Å². The highest BCUT2D eigenvalue weighted by atomic mass is 32.3. The van der Waals surface area contributed by atoms with Crippen molar-refractivity contribution in [3.05, 3.63) is 0 Å². The van der Waals surface area contributed by atoms with Crippen LogP contribution in [0.15, 0.2) is 0 Å². The van der Waals surface area contributed by atoms with E-state index in [9.17, 15) is 22.8 Å². The van der Waals surface area contributed by atoms with Crippen molar-refractivity contribution in [3.8, 4) is 0 Å². The van der Waals surface area contributed by atoms with Crippen molar-refractivity contribution in [1.29, 1.82) is 0 Å². The topological polar surface area (TPSA) is 157 Å². The van der Waals surface area contributed by atoms with Crippen LogP contribution in [0.25, 0.3) is 0 Å². The van der Waals surface area contributed by atoms with Crippen LogP contribution in [0.2, 0.25) is 0 Å². The van der Waals surface area contributed by atoms with Gasteiger partial charge < -0.3 is 10.2 Å². The Morgan fingerprint density at radius 1 is 1.27 bits per heavy atom. The minimum atomic E-state index is -4.83. The summed E-state index contributed by atoms with van der Waals surface area (Å²) in [5, 5.41) is 3.74. The molecular weight excluding hydrogens is 370 g/mol. The Morgan fingerprint density at radius 2 is 2.04 bits per heavy atom. The molecule has 3 fully saturated rings. The van der Waals surface area contributed by atoms with E-state index in [1.165, 1.54) is 0 Å². The van der Waals surface area contributed by atoms with Gasteiger partial charge in [0.15, 0.2) is 0 Å². The number of piperidine rings is 1. The third kappa shape index (κ3) is 4.23. The molecule has 13 heteroatoms. The highest BCUT2D eigenvalue weighted by Crippen LogP contribution is 2.30. The number of amides is 4. The standard InChI is InChI=1S/C13H21N5O7S/c19-11(6-8-2-1-5-14-8)15-16-12(20)10-4-3-9-7-17(10)13(21)18(9)25-26(22,23)24/h8-10,14H,1-7H2,(H,15,19)(H,16,20)(H,22,23,24)/t8-,9+,10-/m0/s1. The number of rotatable bonds is 5. The van der Waals surface area contributed by atoms with Crippen LogP contribution in [0, 0.1) is 0 Å². The van der Waals surface area contributed by atoms with Crippen molar-refractivity contribution >= 4 is 28.2 Å². The predicted octanol–water partition coefficient (Wildman–Crippen LogP) is -1.72. The number of carbonyl (C=O) groups is 3. The molecule has 4 N–H and O–H groups in total. The van der Waals surface area contributed by atoms with Crippen molar-refractivity contribution in [2.75, 3.05) is 13.1 Å². The molecule has 3 heterocycles. The molecule has 3 saturated heterocycles. The number of urea groups is 1. The van der Waals surface area contributed by atoms with Crippen molar-refractivity contribution in [2.45, 2.75) is 50.2 Å². The van der Waals surface area contributed by atoms with Crippen LogP contribution >= 0.6 is 0 Å². The lowest BCUT2D eigenvalue weighted by Crippen LogP contribution is -2.54. The van der Waals surface area contributed by atoms with Gasteiger partial charge in [-0.05, 0) is 32.2 Å². The van der Waals surface area contributed by atoms with Crippen LogP contribution in [-0.2, 0) is 24.3 Å². The molecule has 146 valence electrons. The smallest absolute Gasteiger partial charge is 0.313 e. The zero-order chi connectivity index (χ0) is 18.9. The summed E-state index contributed by atoms with van der Waals surface area (Å²) >= 11 is 0. The van der Waals surface area contributed by atoms with Crippen molar-refractivity contribution in [1.82, 2.24) is 26.1 Å². The molecule has 0 aromatic heterocycles. The average molecular weight is 391 g/mol. The Hall–Kier alpha value is -1.96. The molecule has 26 heavy (non-hydrogen) atoms. The van der Waals surface area contributed by atoms with Gasteiger partial charge in [0.05, 0.1) is 6.04 Å². The number of nitrogens with one attached hydrogen (secondary N) is 3. The first-order valence-corrected chi connectivity index (χ1v) is 9.70. The van der Waals surface area contributed by atoms with Gasteiger partial charge in [0.25, 0.3) is 5.91 Å². The maximum Gasteiger partial charge on any atom is 0.418 e. The van der Waals surface area contributed by atoms with E-state index in [-0.39, 0.29) is 31.3 Å². The first kappa shape index (κ1) is 18.8. The number of nitrogens with zero attached hydrogens (tertiary/aromatic N) is 2. The highest BCUT2D eigenvalue weighted by molar-refractivity contribution is 7.80. The molecule has 0 unspecified atom stereocenters. The Bertz CT molecular complexity index is 693. The Balaban J connectivity index is 1.52. The second-order valence-electron chi connectivity index (χ2n) is 6.54. The monoisotopic (exact) mass is 391 g/mol. The quantitative estimate of drug-likeness (QED) is 0.318. The van der Waals surface area contributed by atoms with E-state index in [0.29, 0.717) is 11.5 Å². The van der Waals surface area contributed by atoms with Gasteiger partial charge in [-0.2, -0.15) is 13.5 Å². The second kappa shape index (κ2) is 7.34. The van der Waals surface area contributed by atoms with Gasteiger partial charge in [-0.15, -0.1) is 4.28 Å². The summed E-state index contributed by atoms with van der Waals surface area (Å²) in [7, 11) is -4.83. The van der Waals surface area contributed by atoms with Crippen LogP contribution in [0.1, 0.15) is 32.1 Å². The van der Waals surface area contributed by atoms with Gasteiger partial charge in [0, 0.05) is 19.0 Å². The van der Waals surface area contributed by atoms with Crippen LogP contribution < -0.4 is 16.2 Å². The fraction of sp³-hybridized carbons (Fsp3) is 0.769. The summed E-state index contributed by atoms with van der Waals surface area (Å²) < 4.78 is 34.7. The summed E-state index contributed by atoms with van der Waals surface area (Å²) in [6.07, 6.45) is 2.74. The number of hydroxylamine groups is 2. The van der Waals surface area contributed by atoms with Crippen LogP contribution in [0.5, 0.6) is 0 Å². The van der Waals surface area contributed by atoms with Crippen molar-refractivity contribution in [3.63, 3.8) is 0 Å². The zero-order valence-corrected chi connectivity index (χ0v) is 14.7. The van der Waals surface area contributed by atoms with E-state index in [4.69, 9.17) is 4.55 Å². The molecule has 3 atom stereocenters. The Kier molecular flexibility index (Phi) is 5.32. The summed E-state index contributed by atoms with van der Waals surface area (Å²) in [5.41, 5.74) is 4.64. The predicted molar refractivity (Wildman–Crippen MR) is 85.3 cm³/mol. The van der Waals surface area contributed by atoms with Crippen LogP contribution in [0.4, 0.5) is 4.79 Å². The fourth-order valence-electron chi connectivity index (χ4n) is 3.52. The zero-order valence-electron chi connectivity index (χ0n) is 13.9. The molecule has 3 aliphatic rings. The van der Waals surface area contributed by atoms with E-state index in [1.807, 2.05) is 0 Å². The normalized spacial score (nSPS) is 28.3. The van der Waals surface area contributed by atoms with Gasteiger partial charge in [0.1, 0.15) is 6.04 Å². The van der Waals surface area contributed by atoms with E-state index < -0.39 is 34.4 Å². The molecule has 0 radical (unpaired) electrons. The number of hydrogen-bond acceptors (Lipinski definition) is 7. The SMILES string of the molecule is O=C(C[C@@H]1CCCN1)NNC(=O)[C@@H]1CC[C@@H]2CN1C(=O)N2OS(=O)(=O)O. The van der Waals surface area contributed by atoms with E-state index in [1.54, 1.807) is 0 Å². The molecule has 0 spiro atoms. The molecule has 2 bridgehead atoms. The van der Waals surface area contributed by atoms with Gasteiger partial charge >= 0.3 is 16.4 Å². The van der Waals surface area contributed by atoms with E-state index >= 15 is 0 Å². The van der Waals surface area contributed by atoms with Gasteiger partial charge in [-0.3, -0.25) is 25.0 Å². The largest absolute Gasteiger partial charge is 0.418 e. The number of hydrazine groups is 1. The highest BCUT2D eigenvalue weighted by Gasteiger charge is 2.49. The van der Waals surface area contributed by atoms with E-state index in [2.05, 4.69) is 20.5 Å². The number of carbonyl (C=O) groups excluding carboxylic acids is 3. The lowest BCUT2D eigenvalue weighted by atomic mass is 10.0. The third-order valence-electron chi connectivity index (χ3n) is 4.72. The molecular formula is C13H21N5O7S. The Labute approximate surface area is 150 Å². The summed E-state index contributed by atoms with van der Waals surface area (Å²) in [5.74, 6) is -0.909. The number of fused-ring (bicyclic) bond motifs is 2. The Morgan fingerprint density at radius 3 is 2.69 bits per heavy atom. The molecule has 12 nitrogen and oxygen atoms in total. The summed E-state index contributed by atoms with van der Waals surface area (Å²) in [4.78, 5) is 37.5. The molecule has 3 rings (SSSR count). The molecule has 3 aliphatic heterocycles. The molecule has 0 saturated carbocycles. The van der Waals surface area contributed by atoms with Gasteiger partial charge in [-0.25, -0.2) is 4.79 Å². The van der Waals surface area contributed by atoms with Crippen LogP contribution in [0.3, 0.4) is 0 Å². The van der Waals surface area contributed by atoms with Crippen molar-refractivity contribution < 1.29 is 31.6 Å². The minimum Gasteiger partial charge on any atom is -0.313 e.